The highest BCUT2D eigenvalue weighted by atomic mass is 32.2. The molecule has 0 bridgehead atoms. The van der Waals surface area contributed by atoms with Crippen LogP contribution in [0.2, 0.25) is 0 Å². The number of carbonyl (C=O) groups is 2. The van der Waals surface area contributed by atoms with Crippen molar-refractivity contribution < 1.29 is 27.9 Å². The molecule has 3 rings (SSSR count). The number of carboxylic acids is 1. The second-order valence-corrected chi connectivity index (χ2v) is 10.2. The van der Waals surface area contributed by atoms with Crippen molar-refractivity contribution in [3.05, 3.63) is 65.7 Å². The summed E-state index contributed by atoms with van der Waals surface area (Å²) in [4.78, 5) is 24.3. The summed E-state index contributed by atoms with van der Waals surface area (Å²) in [5.41, 5.74) is -0.0867. The van der Waals surface area contributed by atoms with E-state index in [1.807, 2.05) is 30.3 Å². The number of aromatic carboxylic acids is 1. The Labute approximate surface area is 187 Å². The zero-order valence-electron chi connectivity index (χ0n) is 17.9. The van der Waals surface area contributed by atoms with Crippen LogP contribution < -0.4 is 15.4 Å². The number of hydrogen-bond donors (Lipinski definition) is 3. The number of rotatable bonds is 9. The first kappa shape index (κ1) is 23.7. The van der Waals surface area contributed by atoms with E-state index in [9.17, 15) is 18.0 Å². The predicted octanol–water partition coefficient (Wildman–Crippen LogP) is 2.18. The summed E-state index contributed by atoms with van der Waals surface area (Å²) >= 11 is 0. The van der Waals surface area contributed by atoms with E-state index in [1.54, 1.807) is 19.1 Å². The Morgan fingerprint density at radius 3 is 2.28 bits per heavy atom. The van der Waals surface area contributed by atoms with Crippen LogP contribution in [0.3, 0.4) is 0 Å². The van der Waals surface area contributed by atoms with Gasteiger partial charge in [-0.3, -0.25) is 10.1 Å². The maximum Gasteiger partial charge on any atom is 0.335 e. The average Bonchev–Trinajstić information content (AvgIpc) is 2.78. The van der Waals surface area contributed by atoms with Gasteiger partial charge in [-0.2, -0.15) is 0 Å². The largest absolute Gasteiger partial charge is 0.492 e. The van der Waals surface area contributed by atoms with Gasteiger partial charge in [0.1, 0.15) is 22.2 Å². The quantitative estimate of drug-likeness (QED) is 0.490. The minimum Gasteiger partial charge on any atom is -0.492 e. The monoisotopic (exact) mass is 460 g/mol. The second kappa shape index (κ2) is 10.1. The van der Waals surface area contributed by atoms with Crippen molar-refractivity contribution in [3.63, 3.8) is 0 Å². The summed E-state index contributed by atoms with van der Waals surface area (Å²) in [6, 6.07) is 15.2. The topological polar surface area (TPSA) is 122 Å². The molecular weight excluding hydrogens is 432 g/mol. The van der Waals surface area contributed by atoms with E-state index in [1.165, 1.54) is 12.1 Å². The van der Waals surface area contributed by atoms with Gasteiger partial charge in [0.25, 0.3) is 0 Å². The van der Waals surface area contributed by atoms with Crippen LogP contribution in [0.15, 0.2) is 54.6 Å². The maximum absolute atomic E-state index is 13.3. The second-order valence-electron chi connectivity index (χ2n) is 7.94. The fourth-order valence-corrected chi connectivity index (χ4v) is 5.20. The smallest absolute Gasteiger partial charge is 0.335 e. The summed E-state index contributed by atoms with van der Waals surface area (Å²) in [6.07, 6.45) is 0.356. The van der Waals surface area contributed by atoms with Crippen LogP contribution in [0.1, 0.15) is 41.7 Å². The highest BCUT2D eigenvalue weighted by Gasteiger charge is 2.43. The highest BCUT2D eigenvalue weighted by Crippen LogP contribution is 2.26. The van der Waals surface area contributed by atoms with Crippen LogP contribution in [0.25, 0.3) is 0 Å². The first-order chi connectivity index (χ1) is 15.2. The zero-order valence-corrected chi connectivity index (χ0v) is 18.7. The molecule has 1 amide bonds. The van der Waals surface area contributed by atoms with Crippen LogP contribution in [-0.4, -0.2) is 55.6 Å². The van der Waals surface area contributed by atoms with E-state index in [-0.39, 0.29) is 41.9 Å². The Morgan fingerprint density at radius 1 is 1.06 bits per heavy atom. The number of amides is 1. The molecule has 1 saturated heterocycles. The van der Waals surface area contributed by atoms with Gasteiger partial charge in [0.2, 0.25) is 5.91 Å². The normalized spacial score (nSPS) is 17.8. The van der Waals surface area contributed by atoms with Crippen molar-refractivity contribution in [1.29, 1.82) is 0 Å². The van der Waals surface area contributed by atoms with Crippen LogP contribution in [0, 0.1) is 0 Å². The molecular formula is C23H28N2O6S. The Morgan fingerprint density at radius 2 is 1.69 bits per heavy atom. The summed E-state index contributed by atoms with van der Waals surface area (Å²) in [5.74, 6) is -0.694. The van der Waals surface area contributed by atoms with Crippen molar-refractivity contribution in [2.45, 2.75) is 31.3 Å². The van der Waals surface area contributed by atoms with Gasteiger partial charge in [0.05, 0.1) is 28.6 Å². The standard InChI is InChI=1S/C23H28N2O6S/c1-17(18-7-9-19(10-8-18)21(26)27)25-22(28)23(11-15-32(29,30)16-12-23)24-13-14-31-20-5-3-2-4-6-20/h2-10,17,24H,11-16H2,1H3,(H,25,28)(H,26,27). The molecule has 1 unspecified atom stereocenters. The Kier molecular flexibility index (Phi) is 7.52. The van der Waals surface area contributed by atoms with Gasteiger partial charge in [-0.15, -0.1) is 0 Å². The van der Waals surface area contributed by atoms with Crippen molar-refractivity contribution in [3.8, 4) is 5.75 Å². The van der Waals surface area contributed by atoms with E-state index in [0.29, 0.717) is 13.2 Å². The molecule has 1 heterocycles. The average molecular weight is 461 g/mol. The van der Waals surface area contributed by atoms with Crippen LogP contribution in [-0.2, 0) is 14.6 Å². The third-order valence-electron chi connectivity index (χ3n) is 5.70. The molecule has 0 aromatic heterocycles. The summed E-state index contributed by atoms with van der Waals surface area (Å²) < 4.78 is 29.6. The third kappa shape index (κ3) is 6.08. The molecule has 1 atom stereocenters. The predicted molar refractivity (Wildman–Crippen MR) is 121 cm³/mol. The third-order valence-corrected chi connectivity index (χ3v) is 7.35. The zero-order chi connectivity index (χ0) is 23.2. The lowest BCUT2D eigenvalue weighted by atomic mass is 9.90. The molecule has 3 N–H and O–H groups in total. The molecule has 0 saturated carbocycles. The van der Waals surface area contributed by atoms with Gasteiger partial charge in [-0.25, -0.2) is 13.2 Å². The molecule has 0 aliphatic carbocycles. The van der Waals surface area contributed by atoms with Gasteiger partial charge in [-0.05, 0) is 49.6 Å². The fourth-order valence-electron chi connectivity index (χ4n) is 3.68. The molecule has 1 aliphatic rings. The van der Waals surface area contributed by atoms with Crippen molar-refractivity contribution in [1.82, 2.24) is 10.6 Å². The fraction of sp³-hybridized carbons (Fsp3) is 0.391. The number of para-hydroxylation sites is 1. The molecule has 2 aromatic carbocycles. The molecule has 172 valence electrons. The number of hydrogen-bond acceptors (Lipinski definition) is 6. The van der Waals surface area contributed by atoms with Crippen LogP contribution >= 0.6 is 0 Å². The molecule has 32 heavy (non-hydrogen) atoms. The molecule has 1 aliphatic heterocycles. The molecule has 9 heteroatoms. The van der Waals surface area contributed by atoms with E-state index in [0.717, 1.165) is 11.3 Å². The Balaban J connectivity index is 1.65. The molecule has 1 fully saturated rings. The van der Waals surface area contributed by atoms with Crippen molar-refractivity contribution in [2.24, 2.45) is 0 Å². The molecule has 0 spiro atoms. The van der Waals surface area contributed by atoms with Crippen molar-refractivity contribution in [2.75, 3.05) is 24.7 Å². The molecule has 8 nitrogen and oxygen atoms in total. The molecule has 0 radical (unpaired) electrons. The van der Waals surface area contributed by atoms with Gasteiger partial charge in [0.15, 0.2) is 0 Å². The number of carbonyl (C=O) groups excluding carboxylic acids is 1. The van der Waals surface area contributed by atoms with E-state index in [4.69, 9.17) is 9.84 Å². The lowest BCUT2D eigenvalue weighted by molar-refractivity contribution is -0.128. The lowest BCUT2D eigenvalue weighted by Gasteiger charge is -2.37. The summed E-state index contributed by atoms with van der Waals surface area (Å²) in [7, 11) is -3.16. The number of ether oxygens (including phenoxy) is 1. The van der Waals surface area contributed by atoms with Crippen LogP contribution in [0.4, 0.5) is 0 Å². The maximum atomic E-state index is 13.3. The van der Waals surface area contributed by atoms with Crippen molar-refractivity contribution >= 4 is 21.7 Å². The SMILES string of the molecule is CC(NC(=O)C1(NCCOc2ccccc2)CCS(=O)(=O)CC1)c1ccc(C(=O)O)cc1. The van der Waals surface area contributed by atoms with Crippen LogP contribution in [0.5, 0.6) is 5.75 Å². The lowest BCUT2D eigenvalue weighted by Crippen LogP contribution is -2.61. The number of benzene rings is 2. The Hall–Kier alpha value is -2.91. The summed E-state index contributed by atoms with van der Waals surface area (Å²) in [6.45, 7) is 2.52. The minimum absolute atomic E-state index is 0.0609. The minimum atomic E-state index is -3.16. The highest BCUT2D eigenvalue weighted by molar-refractivity contribution is 7.91. The number of nitrogens with one attached hydrogen (secondary N) is 2. The molecule has 2 aromatic rings. The first-order valence-electron chi connectivity index (χ1n) is 10.5. The van der Waals surface area contributed by atoms with Gasteiger partial charge < -0.3 is 15.2 Å². The van der Waals surface area contributed by atoms with Gasteiger partial charge in [0, 0.05) is 6.54 Å². The summed E-state index contributed by atoms with van der Waals surface area (Å²) in [5, 5.41) is 15.2. The van der Waals surface area contributed by atoms with E-state index >= 15 is 0 Å². The van der Waals surface area contributed by atoms with Gasteiger partial charge in [-0.1, -0.05) is 30.3 Å². The number of sulfone groups is 1. The number of carboxylic acid groups (broad SMARTS) is 1. The first-order valence-corrected chi connectivity index (χ1v) is 12.3. The van der Waals surface area contributed by atoms with E-state index in [2.05, 4.69) is 10.6 Å². The van der Waals surface area contributed by atoms with E-state index < -0.39 is 21.3 Å². The Bertz CT molecular complexity index is 1020. The van der Waals surface area contributed by atoms with Gasteiger partial charge >= 0.3 is 5.97 Å².